The van der Waals surface area contributed by atoms with E-state index in [2.05, 4.69) is 17.1 Å². The number of nitrogens with zero attached hydrogens (tertiary/aromatic N) is 1. The van der Waals surface area contributed by atoms with Crippen molar-refractivity contribution in [3.05, 3.63) is 28.8 Å². The van der Waals surface area contributed by atoms with E-state index in [9.17, 15) is 0 Å². The molecule has 0 aromatic heterocycles. The lowest BCUT2D eigenvalue weighted by atomic mass is 10.0. The maximum atomic E-state index is 6.16. The highest BCUT2D eigenvalue weighted by atomic mass is 35.5. The van der Waals surface area contributed by atoms with Crippen molar-refractivity contribution in [3.8, 4) is 5.75 Å². The largest absolute Gasteiger partial charge is 0.496 e. The minimum Gasteiger partial charge on any atom is -0.496 e. The molecule has 3 rings (SSSR count). The first-order valence-corrected chi connectivity index (χ1v) is 8.39. The third-order valence-corrected chi connectivity index (χ3v) is 5.08. The molecule has 2 unspecified atom stereocenters. The fraction of sp³-hybridized carbons (Fsp3) is 0.647. The van der Waals surface area contributed by atoms with Gasteiger partial charge in [0.05, 0.1) is 7.11 Å². The molecule has 1 aromatic rings. The maximum Gasteiger partial charge on any atom is 0.123 e. The topological polar surface area (TPSA) is 24.5 Å². The number of halogens is 1. The van der Waals surface area contributed by atoms with Crippen molar-refractivity contribution in [1.82, 2.24) is 10.2 Å². The van der Waals surface area contributed by atoms with Crippen LogP contribution in [0.2, 0.25) is 5.02 Å². The van der Waals surface area contributed by atoms with Crippen LogP contribution in [-0.4, -0.2) is 37.2 Å². The molecule has 1 N–H and O–H groups in total. The average molecular weight is 309 g/mol. The van der Waals surface area contributed by atoms with E-state index in [1.165, 1.54) is 24.8 Å². The molecule has 0 radical (unpaired) electrons. The van der Waals surface area contributed by atoms with Gasteiger partial charge in [0.2, 0.25) is 0 Å². The molecule has 1 saturated heterocycles. The van der Waals surface area contributed by atoms with Crippen LogP contribution in [0.4, 0.5) is 0 Å². The van der Waals surface area contributed by atoms with Crippen molar-refractivity contribution in [2.45, 2.75) is 44.8 Å². The zero-order valence-electron chi connectivity index (χ0n) is 12.9. The second-order valence-corrected chi connectivity index (χ2v) is 6.74. The molecule has 0 spiro atoms. The Labute approximate surface area is 132 Å². The van der Waals surface area contributed by atoms with Gasteiger partial charge in [-0.25, -0.2) is 0 Å². The second kappa shape index (κ2) is 6.55. The zero-order chi connectivity index (χ0) is 14.8. The summed E-state index contributed by atoms with van der Waals surface area (Å²) in [4.78, 5) is 2.60. The minimum absolute atomic E-state index is 0.601. The second-order valence-electron chi connectivity index (χ2n) is 6.30. The van der Waals surface area contributed by atoms with Gasteiger partial charge in [-0.1, -0.05) is 18.5 Å². The Kier molecular flexibility index (Phi) is 4.72. The molecule has 1 aromatic carbocycles. The number of ether oxygens (including phenoxy) is 1. The quantitative estimate of drug-likeness (QED) is 0.903. The van der Waals surface area contributed by atoms with Crippen LogP contribution in [0, 0.1) is 5.92 Å². The van der Waals surface area contributed by atoms with Gasteiger partial charge in [0.15, 0.2) is 0 Å². The van der Waals surface area contributed by atoms with Gasteiger partial charge in [-0.15, -0.1) is 0 Å². The standard InChI is InChI=1S/C17H25ClN2O/c1-3-15-9-19-16(12-4-5-12)11-20(15)10-13-8-14(18)6-7-17(13)21-2/h6-8,12,15-16,19H,3-5,9-11H2,1-2H3. The van der Waals surface area contributed by atoms with Gasteiger partial charge in [-0.2, -0.15) is 0 Å². The van der Waals surface area contributed by atoms with Crippen LogP contribution in [0.1, 0.15) is 31.7 Å². The summed E-state index contributed by atoms with van der Waals surface area (Å²) in [5.74, 6) is 1.84. The van der Waals surface area contributed by atoms with Crippen molar-refractivity contribution in [1.29, 1.82) is 0 Å². The molecule has 3 nitrogen and oxygen atoms in total. The van der Waals surface area contributed by atoms with Gasteiger partial charge in [-0.05, 0) is 43.4 Å². The van der Waals surface area contributed by atoms with Crippen molar-refractivity contribution in [2.24, 2.45) is 5.92 Å². The van der Waals surface area contributed by atoms with Crippen LogP contribution in [0.3, 0.4) is 0 Å². The van der Waals surface area contributed by atoms with Crippen LogP contribution in [0.5, 0.6) is 5.75 Å². The third kappa shape index (κ3) is 3.53. The third-order valence-electron chi connectivity index (χ3n) is 4.84. The van der Waals surface area contributed by atoms with Gasteiger partial charge >= 0.3 is 0 Å². The summed E-state index contributed by atoms with van der Waals surface area (Å²) in [7, 11) is 1.73. The fourth-order valence-corrected chi connectivity index (χ4v) is 3.58. The molecule has 0 bridgehead atoms. The molecule has 2 aliphatic rings. The molecular formula is C17H25ClN2O. The number of methoxy groups -OCH3 is 1. The number of hydrogen-bond acceptors (Lipinski definition) is 3. The molecule has 1 aliphatic carbocycles. The maximum absolute atomic E-state index is 6.16. The first-order chi connectivity index (χ1) is 10.2. The molecule has 1 saturated carbocycles. The van der Waals surface area contributed by atoms with Crippen LogP contribution < -0.4 is 10.1 Å². The van der Waals surface area contributed by atoms with Gasteiger partial charge < -0.3 is 10.1 Å². The smallest absolute Gasteiger partial charge is 0.123 e. The van der Waals surface area contributed by atoms with Gasteiger partial charge in [0, 0.05) is 42.3 Å². The van der Waals surface area contributed by atoms with Crippen LogP contribution >= 0.6 is 11.6 Å². The summed E-state index contributed by atoms with van der Waals surface area (Å²) >= 11 is 6.16. The highest BCUT2D eigenvalue weighted by molar-refractivity contribution is 6.30. The fourth-order valence-electron chi connectivity index (χ4n) is 3.38. The average Bonchev–Trinajstić information content (AvgIpc) is 3.32. The lowest BCUT2D eigenvalue weighted by molar-refractivity contribution is 0.111. The van der Waals surface area contributed by atoms with Crippen LogP contribution in [0.25, 0.3) is 0 Å². The number of rotatable bonds is 5. The normalized spacial score (nSPS) is 26.8. The molecule has 1 aliphatic heterocycles. The van der Waals surface area contributed by atoms with Crippen molar-refractivity contribution >= 4 is 11.6 Å². The lowest BCUT2D eigenvalue weighted by Gasteiger charge is -2.40. The molecule has 1 heterocycles. The molecular weight excluding hydrogens is 284 g/mol. The first kappa shape index (κ1) is 15.1. The Morgan fingerprint density at radius 3 is 2.86 bits per heavy atom. The molecule has 2 fully saturated rings. The molecule has 0 amide bonds. The highest BCUT2D eigenvalue weighted by Gasteiger charge is 2.36. The minimum atomic E-state index is 0.601. The van der Waals surface area contributed by atoms with Crippen molar-refractivity contribution in [3.63, 3.8) is 0 Å². The zero-order valence-corrected chi connectivity index (χ0v) is 13.7. The summed E-state index contributed by atoms with van der Waals surface area (Å²) in [6.45, 7) is 5.43. The van der Waals surface area contributed by atoms with E-state index in [0.717, 1.165) is 36.3 Å². The van der Waals surface area contributed by atoms with E-state index in [1.54, 1.807) is 7.11 Å². The number of piperazine rings is 1. The summed E-state index contributed by atoms with van der Waals surface area (Å²) in [6, 6.07) is 7.17. The summed E-state index contributed by atoms with van der Waals surface area (Å²) in [5, 5.41) is 4.52. The number of benzene rings is 1. The predicted octanol–water partition coefficient (Wildman–Crippen LogP) is 3.31. The van der Waals surface area contributed by atoms with Crippen LogP contribution in [-0.2, 0) is 6.54 Å². The van der Waals surface area contributed by atoms with Crippen LogP contribution in [0.15, 0.2) is 18.2 Å². The Morgan fingerprint density at radius 2 is 2.19 bits per heavy atom. The van der Waals surface area contributed by atoms with E-state index in [0.29, 0.717) is 12.1 Å². The van der Waals surface area contributed by atoms with E-state index in [1.807, 2.05) is 18.2 Å². The highest BCUT2D eigenvalue weighted by Crippen LogP contribution is 2.35. The SMILES string of the molecule is CCC1CNC(C2CC2)CN1Cc1cc(Cl)ccc1OC. The van der Waals surface area contributed by atoms with Gasteiger partial charge in [0.25, 0.3) is 0 Å². The summed E-state index contributed by atoms with van der Waals surface area (Å²) < 4.78 is 5.50. The van der Waals surface area contributed by atoms with E-state index < -0.39 is 0 Å². The van der Waals surface area contributed by atoms with E-state index in [-0.39, 0.29) is 0 Å². The van der Waals surface area contributed by atoms with Crippen molar-refractivity contribution in [2.75, 3.05) is 20.2 Å². The first-order valence-electron chi connectivity index (χ1n) is 8.01. The Hall–Kier alpha value is -0.770. The number of nitrogens with one attached hydrogen (secondary N) is 1. The van der Waals surface area contributed by atoms with Crippen molar-refractivity contribution < 1.29 is 4.74 Å². The molecule has 2 atom stereocenters. The van der Waals surface area contributed by atoms with Gasteiger partial charge in [0.1, 0.15) is 5.75 Å². The van der Waals surface area contributed by atoms with E-state index in [4.69, 9.17) is 16.3 Å². The monoisotopic (exact) mass is 308 g/mol. The van der Waals surface area contributed by atoms with Gasteiger partial charge in [-0.3, -0.25) is 4.90 Å². The lowest BCUT2D eigenvalue weighted by Crippen LogP contribution is -2.56. The van der Waals surface area contributed by atoms with E-state index >= 15 is 0 Å². The Balaban J connectivity index is 1.75. The Bertz CT molecular complexity index is 490. The Morgan fingerprint density at radius 1 is 1.38 bits per heavy atom. The summed E-state index contributed by atoms with van der Waals surface area (Å²) in [5.41, 5.74) is 1.19. The summed E-state index contributed by atoms with van der Waals surface area (Å²) in [6.07, 6.45) is 3.96. The number of hydrogen-bond donors (Lipinski definition) is 1. The molecule has 116 valence electrons. The molecule has 21 heavy (non-hydrogen) atoms. The molecule has 4 heteroatoms. The predicted molar refractivity (Wildman–Crippen MR) is 87.0 cm³/mol.